The van der Waals surface area contributed by atoms with Crippen molar-refractivity contribution in [2.75, 3.05) is 5.75 Å². The molecular weight excluding hydrogens is 1200 g/mol. The van der Waals surface area contributed by atoms with E-state index in [2.05, 4.69) is 65.8 Å². The largest absolute Gasteiger partial charge is 0.481 e. The molecule has 0 unspecified atom stereocenters. The van der Waals surface area contributed by atoms with Gasteiger partial charge in [0.05, 0.1) is 31.7 Å². The van der Waals surface area contributed by atoms with Gasteiger partial charge in [-0.25, -0.2) is 4.79 Å². The lowest BCUT2D eigenvalue weighted by Gasteiger charge is -2.28. The fourth-order valence-electron chi connectivity index (χ4n) is 8.67. The highest BCUT2D eigenvalue weighted by Crippen LogP contribution is 2.13. The summed E-state index contributed by atoms with van der Waals surface area (Å²) in [6, 6.07) is -10.0. The monoisotopic (exact) mass is 1290 g/mol. The van der Waals surface area contributed by atoms with Gasteiger partial charge in [-0.2, -0.15) is 12.6 Å². The number of nitrogens with two attached hydrogens (primary N) is 5. The van der Waals surface area contributed by atoms with Crippen molar-refractivity contribution in [3.05, 3.63) is 35.9 Å². The van der Waals surface area contributed by atoms with Crippen LogP contribution in [0.3, 0.4) is 0 Å². The van der Waals surface area contributed by atoms with E-state index in [1.807, 2.05) is 13.8 Å². The van der Waals surface area contributed by atoms with Crippen LogP contribution >= 0.6 is 12.6 Å². The maximum absolute atomic E-state index is 14.2. The van der Waals surface area contributed by atoms with E-state index in [4.69, 9.17) is 28.7 Å². The number of carboxylic acids is 2. The van der Waals surface area contributed by atoms with E-state index in [9.17, 15) is 86.9 Å². The topological polar surface area (TPSA) is 564 Å². The SMILES string of the molecule is CC(C)C[C@H](NC(=O)[C@H](CC(N)=O)NC(=O)[C@H](Cc1ccccc1)NC(=O)[C@H](CCC(N)=O)NC(=O)[C@@H](N)CC(C)C)C(=O)N[C@@H](CC(N)=O)C(=O)N[C@@H](CC(=O)O)C(=O)N[C@@H](CS)C(=O)N[C@@H](CC(N)=O)C(=O)N[C@@H](CC(C)C)C(=O)N[C@H](C(=O)O)C(C)C. The quantitative estimate of drug-likeness (QED) is 0.0272. The third kappa shape index (κ3) is 30.3. The average molecular weight is 1290 g/mol. The van der Waals surface area contributed by atoms with E-state index in [0.717, 1.165) is 0 Å². The number of aliphatic carboxylic acids is 2. The predicted octanol–water partition coefficient (Wildman–Crippen LogP) is -5.42. The lowest BCUT2D eigenvalue weighted by molar-refractivity contribution is -0.144. The summed E-state index contributed by atoms with van der Waals surface area (Å²) in [7, 11) is 0. The van der Waals surface area contributed by atoms with Crippen LogP contribution in [0.5, 0.6) is 0 Å². The lowest BCUT2D eigenvalue weighted by atomic mass is 10.00. The van der Waals surface area contributed by atoms with Crippen molar-refractivity contribution in [2.24, 2.45) is 52.3 Å². The van der Waals surface area contributed by atoms with E-state index in [-0.39, 0.29) is 50.4 Å². The molecule has 0 spiro atoms. The molecule has 0 saturated carbocycles. The zero-order valence-corrected chi connectivity index (χ0v) is 52.5. The first-order chi connectivity index (χ1) is 41.8. The molecule has 11 atom stereocenters. The molecule has 0 aliphatic carbocycles. The van der Waals surface area contributed by atoms with Crippen molar-refractivity contribution < 1.29 is 86.9 Å². The van der Waals surface area contributed by atoms with E-state index in [1.54, 1.807) is 58.0 Å². The summed E-state index contributed by atoms with van der Waals surface area (Å²) in [5.41, 5.74) is 28.2. The fourth-order valence-corrected chi connectivity index (χ4v) is 8.93. The van der Waals surface area contributed by atoms with Gasteiger partial charge in [-0.05, 0) is 54.9 Å². The number of nitrogens with one attached hydrogen (secondary N) is 10. The highest BCUT2D eigenvalue weighted by atomic mass is 32.1. The van der Waals surface area contributed by atoms with Gasteiger partial charge < -0.3 is 92.0 Å². The average Bonchev–Trinajstić information content (AvgIpc) is 1.77. The summed E-state index contributed by atoms with van der Waals surface area (Å²) in [6.07, 6.45) is -5.02. The summed E-state index contributed by atoms with van der Waals surface area (Å²) < 4.78 is 0. The highest BCUT2D eigenvalue weighted by molar-refractivity contribution is 7.80. The van der Waals surface area contributed by atoms with Crippen molar-refractivity contribution in [1.82, 2.24) is 53.2 Å². The molecule has 33 nitrogen and oxygen atoms in total. The van der Waals surface area contributed by atoms with Gasteiger partial charge in [0.2, 0.25) is 82.7 Å². The number of hydrogen-bond donors (Lipinski definition) is 18. The number of rotatable bonds is 42. The van der Waals surface area contributed by atoms with Crippen molar-refractivity contribution in [3.8, 4) is 0 Å². The van der Waals surface area contributed by atoms with Crippen LogP contribution in [-0.2, 0) is 83.1 Å². The minimum absolute atomic E-state index is 0.0216. The van der Waals surface area contributed by atoms with E-state index >= 15 is 0 Å². The summed E-state index contributed by atoms with van der Waals surface area (Å²) in [4.78, 5) is 211. The van der Waals surface area contributed by atoms with Gasteiger partial charge in [-0.15, -0.1) is 0 Å². The normalized spacial score (nSPS) is 14.8. The minimum Gasteiger partial charge on any atom is -0.481 e. The van der Waals surface area contributed by atoms with E-state index in [1.165, 1.54) is 13.8 Å². The molecule has 0 aromatic heterocycles. The molecule has 0 aliphatic rings. The molecule has 1 aromatic carbocycles. The van der Waals surface area contributed by atoms with Crippen LogP contribution in [0.15, 0.2) is 30.3 Å². The number of amides is 14. The Morgan fingerprint density at radius 1 is 0.400 bits per heavy atom. The molecule has 34 heteroatoms. The summed E-state index contributed by atoms with van der Waals surface area (Å²) in [6.45, 7) is 13.3. The number of primary amides is 4. The van der Waals surface area contributed by atoms with Crippen LogP contribution in [-0.4, -0.2) is 177 Å². The molecule has 0 bridgehead atoms. The van der Waals surface area contributed by atoms with Crippen molar-refractivity contribution in [1.29, 1.82) is 0 Å². The first kappa shape index (κ1) is 79.1. The van der Waals surface area contributed by atoms with Gasteiger partial charge in [0.1, 0.15) is 60.4 Å². The molecule has 0 fully saturated rings. The molecule has 22 N–H and O–H groups in total. The highest BCUT2D eigenvalue weighted by Gasteiger charge is 2.38. The predicted molar refractivity (Wildman–Crippen MR) is 324 cm³/mol. The second-order valence-corrected chi connectivity index (χ2v) is 23.5. The first-order valence-electron chi connectivity index (χ1n) is 28.9. The zero-order valence-electron chi connectivity index (χ0n) is 51.6. The minimum atomic E-state index is -2.12. The molecule has 0 saturated heterocycles. The number of benzene rings is 1. The van der Waals surface area contributed by atoms with Gasteiger partial charge in [0.25, 0.3) is 0 Å². The van der Waals surface area contributed by atoms with Crippen LogP contribution in [0, 0.1) is 23.7 Å². The molecule has 14 amide bonds. The number of thiol groups is 1. The van der Waals surface area contributed by atoms with Crippen LogP contribution in [0.4, 0.5) is 0 Å². The Bertz CT molecular complexity index is 2740. The third-order valence-electron chi connectivity index (χ3n) is 13.1. The Kier molecular flexibility index (Phi) is 34.4. The van der Waals surface area contributed by atoms with Crippen molar-refractivity contribution in [3.63, 3.8) is 0 Å². The molecule has 502 valence electrons. The van der Waals surface area contributed by atoms with E-state index in [0.29, 0.717) is 5.56 Å². The smallest absolute Gasteiger partial charge is 0.326 e. The van der Waals surface area contributed by atoms with Crippen LogP contribution in [0.1, 0.15) is 119 Å². The Balaban J connectivity index is 3.57. The zero-order chi connectivity index (χ0) is 68.9. The maximum Gasteiger partial charge on any atom is 0.326 e. The second-order valence-electron chi connectivity index (χ2n) is 23.1. The second kappa shape index (κ2) is 39.1. The maximum atomic E-state index is 14.2. The van der Waals surface area contributed by atoms with Gasteiger partial charge in [0.15, 0.2) is 0 Å². The fraction of sp³-hybridized carbons (Fsp3) is 0.607. The van der Waals surface area contributed by atoms with Gasteiger partial charge in [-0.1, -0.05) is 85.7 Å². The van der Waals surface area contributed by atoms with Gasteiger partial charge in [-0.3, -0.25) is 71.9 Å². The summed E-state index contributed by atoms with van der Waals surface area (Å²) >= 11 is 4.08. The molecule has 1 rings (SSSR count). The molecular formula is C56H89N15O18S. The third-order valence-corrected chi connectivity index (χ3v) is 13.5. The lowest BCUT2D eigenvalue weighted by Crippen LogP contribution is -2.62. The van der Waals surface area contributed by atoms with Gasteiger partial charge >= 0.3 is 11.9 Å². The molecule has 0 heterocycles. The summed E-state index contributed by atoms with van der Waals surface area (Å²) in [5.74, 6) is -20.6. The molecule has 1 aromatic rings. The Morgan fingerprint density at radius 2 is 0.722 bits per heavy atom. The van der Waals surface area contributed by atoms with Gasteiger partial charge in [0, 0.05) is 18.6 Å². The summed E-state index contributed by atoms with van der Waals surface area (Å²) in [5, 5.41) is 42.6. The van der Waals surface area contributed by atoms with Crippen LogP contribution < -0.4 is 81.8 Å². The molecule has 0 radical (unpaired) electrons. The Morgan fingerprint density at radius 3 is 1.08 bits per heavy atom. The Hall–Kier alpha value is -8.95. The molecule has 90 heavy (non-hydrogen) atoms. The van der Waals surface area contributed by atoms with E-state index < -0.39 is 204 Å². The van der Waals surface area contributed by atoms with Crippen LogP contribution in [0.2, 0.25) is 0 Å². The number of carbonyl (C=O) groups is 16. The standard InChI is InChI=1S/C56H89N15O18S/c1-25(2)16-30(57)46(78)62-31(14-15-40(58)72)47(79)65-34(19-29-12-10-9-11-13-29)49(81)67-35(20-41(59)73)50(82)63-32(17-26(3)4)48(80)66-36(21-42(60)74)52(84)69-38(23-44(76)77)53(85)70-39(24-90)55(87)68-37(22-43(61)75)51(83)64-33(18-27(5)6)54(86)71-45(28(7)8)56(88)89/h9-13,25-28,30-39,45,90H,14-24,57H2,1-8H3,(H2,58,72)(H2,59,73)(H2,60,74)(H2,61,75)(H,62,78)(H,63,82)(H,64,83)(H,65,79)(H,66,80)(H,67,81)(H,68,87)(H,69,84)(H,70,85)(H,71,86)(H,76,77)(H,88,89)/t30-,31-,32-,33-,34-,35-,36-,37-,38-,39-,45-/m0/s1. The first-order valence-corrected chi connectivity index (χ1v) is 29.5. The number of hydrogen-bond acceptors (Lipinski definition) is 18. The number of carboxylic acid groups (broad SMARTS) is 2. The number of carbonyl (C=O) groups excluding carboxylic acids is 14. The molecule has 0 aliphatic heterocycles. The van der Waals surface area contributed by atoms with Crippen LogP contribution in [0.25, 0.3) is 0 Å². The van der Waals surface area contributed by atoms with Crippen molar-refractivity contribution in [2.45, 2.75) is 186 Å². The Labute approximate surface area is 525 Å². The van der Waals surface area contributed by atoms with Crippen molar-refractivity contribution >= 4 is 107 Å².